The van der Waals surface area contributed by atoms with Gasteiger partial charge >= 0.3 is 0 Å². The fourth-order valence-electron chi connectivity index (χ4n) is 2.36. The molecular weight excluding hydrogens is 198 g/mol. The molecule has 1 aromatic carbocycles. The highest BCUT2D eigenvalue weighted by Gasteiger charge is 2.17. The van der Waals surface area contributed by atoms with Crippen molar-refractivity contribution in [2.75, 3.05) is 0 Å². The number of hydrogen-bond donors (Lipinski definition) is 1. The van der Waals surface area contributed by atoms with E-state index in [1.54, 1.807) is 0 Å². The van der Waals surface area contributed by atoms with E-state index >= 15 is 0 Å². The van der Waals surface area contributed by atoms with Crippen molar-refractivity contribution in [2.45, 2.75) is 45.9 Å². The first-order valence-corrected chi connectivity index (χ1v) is 6.17. The fraction of sp³-hybridized carbons (Fsp3) is 0.571. The predicted molar refractivity (Wildman–Crippen MR) is 65.9 cm³/mol. The molecule has 2 rings (SSSR count). The van der Waals surface area contributed by atoms with E-state index in [0.717, 1.165) is 13.2 Å². The van der Waals surface area contributed by atoms with Crippen LogP contribution in [0.3, 0.4) is 0 Å². The first-order chi connectivity index (χ1) is 7.72. The van der Waals surface area contributed by atoms with Crippen molar-refractivity contribution in [3.63, 3.8) is 0 Å². The van der Waals surface area contributed by atoms with Crippen LogP contribution in [0, 0.1) is 5.92 Å². The molecule has 2 nitrogen and oxygen atoms in total. The van der Waals surface area contributed by atoms with Crippen LogP contribution >= 0.6 is 0 Å². The first kappa shape index (κ1) is 11.6. The molecule has 0 saturated heterocycles. The molecule has 0 bridgehead atoms. The number of fused-ring (bicyclic) bond motifs is 1. The molecule has 2 unspecified atom stereocenters. The quantitative estimate of drug-likeness (QED) is 0.844. The van der Waals surface area contributed by atoms with E-state index in [9.17, 15) is 0 Å². The smallest absolute Gasteiger partial charge is 0.0725 e. The van der Waals surface area contributed by atoms with Gasteiger partial charge in [-0.3, -0.25) is 0 Å². The van der Waals surface area contributed by atoms with Crippen LogP contribution in [0.25, 0.3) is 0 Å². The monoisotopic (exact) mass is 219 g/mol. The molecule has 2 atom stereocenters. The predicted octanol–water partition coefficient (Wildman–Crippen LogP) is 3.15. The van der Waals surface area contributed by atoms with Gasteiger partial charge in [0.25, 0.3) is 0 Å². The maximum atomic E-state index is 6.28. The summed E-state index contributed by atoms with van der Waals surface area (Å²) in [7, 11) is 0. The van der Waals surface area contributed by atoms with Crippen LogP contribution in [-0.2, 0) is 18.0 Å². The molecule has 2 N–H and O–H groups in total. The highest BCUT2D eigenvalue weighted by molar-refractivity contribution is 5.34. The van der Waals surface area contributed by atoms with Crippen LogP contribution in [0.1, 0.15) is 49.4 Å². The van der Waals surface area contributed by atoms with E-state index in [1.165, 1.54) is 29.5 Å². The summed E-state index contributed by atoms with van der Waals surface area (Å²) >= 11 is 0. The molecular formula is C14H21NO. The van der Waals surface area contributed by atoms with Gasteiger partial charge in [-0.2, -0.15) is 0 Å². The third kappa shape index (κ3) is 2.28. The van der Waals surface area contributed by atoms with E-state index in [4.69, 9.17) is 10.5 Å². The standard InChI is InChI=1S/C14H21NO/c1-3-4-10(2)14(15)11-5-6-12-8-16-9-13(12)7-11/h5-7,10,14H,3-4,8-9,15H2,1-2H3. The SMILES string of the molecule is CCCC(C)C(N)c1ccc2c(c1)COC2. The third-order valence-electron chi connectivity index (χ3n) is 3.49. The molecule has 1 aliphatic heterocycles. The Labute approximate surface area is 97.8 Å². The van der Waals surface area contributed by atoms with Crippen molar-refractivity contribution >= 4 is 0 Å². The average molecular weight is 219 g/mol. The normalized spacial score (nSPS) is 18.2. The maximum Gasteiger partial charge on any atom is 0.0725 e. The van der Waals surface area contributed by atoms with Gasteiger partial charge in [-0.15, -0.1) is 0 Å². The van der Waals surface area contributed by atoms with Crippen LogP contribution in [0.2, 0.25) is 0 Å². The van der Waals surface area contributed by atoms with Crippen molar-refractivity contribution in [1.82, 2.24) is 0 Å². The molecule has 16 heavy (non-hydrogen) atoms. The summed E-state index contributed by atoms with van der Waals surface area (Å²) < 4.78 is 5.42. The van der Waals surface area contributed by atoms with Crippen molar-refractivity contribution in [3.05, 3.63) is 34.9 Å². The van der Waals surface area contributed by atoms with E-state index in [1.807, 2.05) is 0 Å². The lowest BCUT2D eigenvalue weighted by Crippen LogP contribution is -2.19. The van der Waals surface area contributed by atoms with E-state index in [-0.39, 0.29) is 6.04 Å². The van der Waals surface area contributed by atoms with Crippen molar-refractivity contribution in [1.29, 1.82) is 0 Å². The summed E-state index contributed by atoms with van der Waals surface area (Å²) in [5, 5.41) is 0. The summed E-state index contributed by atoms with van der Waals surface area (Å²) in [5.74, 6) is 0.547. The second-order valence-electron chi connectivity index (χ2n) is 4.81. The number of rotatable bonds is 4. The summed E-state index contributed by atoms with van der Waals surface area (Å²) in [6.45, 7) is 5.95. The number of nitrogens with two attached hydrogens (primary N) is 1. The summed E-state index contributed by atoms with van der Waals surface area (Å²) in [5.41, 5.74) is 10.2. The van der Waals surface area contributed by atoms with Gasteiger partial charge in [-0.1, -0.05) is 38.5 Å². The molecule has 0 spiro atoms. The Morgan fingerprint density at radius 1 is 1.31 bits per heavy atom. The maximum absolute atomic E-state index is 6.28. The fourth-order valence-corrected chi connectivity index (χ4v) is 2.36. The number of benzene rings is 1. The zero-order chi connectivity index (χ0) is 11.5. The van der Waals surface area contributed by atoms with Gasteiger partial charge in [0.05, 0.1) is 13.2 Å². The minimum Gasteiger partial charge on any atom is -0.372 e. The van der Waals surface area contributed by atoms with Gasteiger partial charge in [0, 0.05) is 6.04 Å². The summed E-state index contributed by atoms with van der Waals surface area (Å²) in [6, 6.07) is 6.70. The van der Waals surface area contributed by atoms with Crippen LogP contribution in [0.5, 0.6) is 0 Å². The molecule has 0 amide bonds. The topological polar surface area (TPSA) is 35.2 Å². The van der Waals surface area contributed by atoms with Crippen molar-refractivity contribution in [3.8, 4) is 0 Å². The van der Waals surface area contributed by atoms with E-state index < -0.39 is 0 Å². The second kappa shape index (κ2) is 4.98. The highest BCUT2D eigenvalue weighted by Crippen LogP contribution is 2.27. The zero-order valence-corrected chi connectivity index (χ0v) is 10.2. The Kier molecular flexibility index (Phi) is 3.62. The van der Waals surface area contributed by atoms with Gasteiger partial charge < -0.3 is 10.5 Å². The van der Waals surface area contributed by atoms with E-state index in [2.05, 4.69) is 32.0 Å². The first-order valence-electron chi connectivity index (χ1n) is 6.17. The molecule has 0 saturated carbocycles. The second-order valence-corrected chi connectivity index (χ2v) is 4.81. The van der Waals surface area contributed by atoms with E-state index in [0.29, 0.717) is 5.92 Å². The molecule has 2 heteroatoms. The van der Waals surface area contributed by atoms with Crippen LogP contribution < -0.4 is 5.73 Å². The Bertz CT molecular complexity index is 362. The number of ether oxygens (including phenoxy) is 1. The lowest BCUT2D eigenvalue weighted by molar-refractivity contribution is 0.134. The summed E-state index contributed by atoms with van der Waals surface area (Å²) in [4.78, 5) is 0. The molecule has 1 aromatic rings. The molecule has 1 aliphatic rings. The van der Waals surface area contributed by atoms with Crippen LogP contribution in [0.4, 0.5) is 0 Å². The van der Waals surface area contributed by atoms with Crippen molar-refractivity contribution in [2.24, 2.45) is 11.7 Å². The summed E-state index contributed by atoms with van der Waals surface area (Å²) in [6.07, 6.45) is 2.39. The van der Waals surface area contributed by atoms with Gasteiger partial charge in [0.2, 0.25) is 0 Å². The van der Waals surface area contributed by atoms with Gasteiger partial charge in [0.15, 0.2) is 0 Å². The Hall–Kier alpha value is -0.860. The van der Waals surface area contributed by atoms with Crippen LogP contribution in [0.15, 0.2) is 18.2 Å². The molecule has 0 radical (unpaired) electrons. The molecule has 0 fully saturated rings. The average Bonchev–Trinajstić information content (AvgIpc) is 2.75. The molecule has 0 aromatic heterocycles. The molecule has 0 aliphatic carbocycles. The minimum absolute atomic E-state index is 0.158. The molecule has 1 heterocycles. The highest BCUT2D eigenvalue weighted by atomic mass is 16.5. The Morgan fingerprint density at radius 2 is 2.06 bits per heavy atom. The molecule has 88 valence electrons. The van der Waals surface area contributed by atoms with Crippen LogP contribution in [-0.4, -0.2) is 0 Å². The number of hydrogen-bond acceptors (Lipinski definition) is 2. The lowest BCUT2D eigenvalue weighted by atomic mass is 9.90. The largest absolute Gasteiger partial charge is 0.372 e. The van der Waals surface area contributed by atoms with Gasteiger partial charge in [0.1, 0.15) is 0 Å². The lowest BCUT2D eigenvalue weighted by Gasteiger charge is -2.20. The Balaban J connectivity index is 2.14. The van der Waals surface area contributed by atoms with Crippen molar-refractivity contribution < 1.29 is 4.74 Å². The van der Waals surface area contributed by atoms with Gasteiger partial charge in [-0.25, -0.2) is 0 Å². The minimum atomic E-state index is 0.158. The third-order valence-corrected chi connectivity index (χ3v) is 3.49. The Morgan fingerprint density at radius 3 is 2.81 bits per heavy atom. The zero-order valence-electron chi connectivity index (χ0n) is 10.2. The van der Waals surface area contributed by atoms with Gasteiger partial charge in [-0.05, 0) is 29.0 Å².